The number of amides is 3. The zero-order valence-corrected chi connectivity index (χ0v) is 30.1. The van der Waals surface area contributed by atoms with Gasteiger partial charge >= 0.3 is 0 Å². The number of ether oxygens (including phenoxy) is 2. The quantitative estimate of drug-likeness (QED) is 0.143. The van der Waals surface area contributed by atoms with E-state index in [1.807, 2.05) is 25.1 Å². The van der Waals surface area contributed by atoms with Gasteiger partial charge in [0, 0.05) is 77.2 Å². The number of para-hydroxylation sites is 1. The predicted molar refractivity (Wildman–Crippen MR) is 204 cm³/mol. The van der Waals surface area contributed by atoms with E-state index in [0.717, 1.165) is 40.9 Å². The number of aromatic nitrogens is 2. The van der Waals surface area contributed by atoms with Gasteiger partial charge in [0.15, 0.2) is 0 Å². The van der Waals surface area contributed by atoms with Gasteiger partial charge in [0.25, 0.3) is 5.91 Å². The van der Waals surface area contributed by atoms with E-state index in [0.29, 0.717) is 46.5 Å². The summed E-state index contributed by atoms with van der Waals surface area (Å²) in [6.07, 6.45) is 6.03. The molecule has 3 aromatic carbocycles. The monoisotopic (exact) mass is 738 g/mol. The third kappa shape index (κ3) is 8.68. The number of likely N-dealkylation sites (N-methyl/N-ethyl adjacent to an activating group) is 1. The van der Waals surface area contributed by atoms with Crippen LogP contribution >= 0.6 is 23.2 Å². The number of fused-ring (bicyclic) bond motifs is 1. The Bertz CT molecular complexity index is 2120. The molecule has 2 aromatic heterocycles. The zero-order valence-electron chi connectivity index (χ0n) is 28.6. The van der Waals surface area contributed by atoms with Gasteiger partial charge in [0.1, 0.15) is 17.9 Å². The molecule has 52 heavy (non-hydrogen) atoms. The lowest BCUT2D eigenvalue weighted by atomic mass is 10.1. The van der Waals surface area contributed by atoms with Crippen LogP contribution in [0.1, 0.15) is 27.2 Å². The number of nitrogens with one attached hydrogen (secondary N) is 2. The summed E-state index contributed by atoms with van der Waals surface area (Å²) in [7, 11) is 1.57. The molecule has 11 nitrogen and oxygen atoms in total. The molecule has 266 valence electrons. The molecule has 0 radical (unpaired) electrons. The summed E-state index contributed by atoms with van der Waals surface area (Å²) in [4.78, 5) is 50.4. The van der Waals surface area contributed by atoms with Crippen LogP contribution in [0.15, 0.2) is 91.3 Å². The van der Waals surface area contributed by atoms with Crippen molar-refractivity contribution in [3.8, 4) is 5.75 Å². The van der Waals surface area contributed by atoms with Crippen molar-refractivity contribution in [1.29, 1.82) is 0 Å². The number of pyridine rings is 2. The van der Waals surface area contributed by atoms with E-state index in [1.165, 1.54) is 11.0 Å². The number of halogens is 2. The molecule has 0 spiro atoms. The van der Waals surface area contributed by atoms with E-state index in [4.69, 9.17) is 37.7 Å². The van der Waals surface area contributed by atoms with E-state index in [-0.39, 0.29) is 24.1 Å². The van der Waals surface area contributed by atoms with E-state index in [2.05, 4.69) is 26.6 Å². The number of hydrogen-bond acceptors (Lipinski definition) is 8. The number of morpholine rings is 1. The van der Waals surface area contributed by atoms with Crippen LogP contribution < -0.4 is 25.2 Å². The fourth-order valence-corrected chi connectivity index (χ4v) is 6.27. The first-order chi connectivity index (χ1) is 25.2. The van der Waals surface area contributed by atoms with Crippen LogP contribution in [0, 0.1) is 6.92 Å². The van der Waals surface area contributed by atoms with Crippen LogP contribution in [0.2, 0.25) is 10.0 Å². The fraction of sp³-hybridized carbons (Fsp3) is 0.205. The van der Waals surface area contributed by atoms with Gasteiger partial charge in [-0.2, -0.15) is 0 Å². The van der Waals surface area contributed by atoms with E-state index in [1.54, 1.807) is 74.0 Å². The first-order valence-electron chi connectivity index (χ1n) is 16.5. The molecule has 3 heterocycles. The van der Waals surface area contributed by atoms with Gasteiger partial charge in [-0.15, -0.1) is 0 Å². The van der Waals surface area contributed by atoms with Crippen molar-refractivity contribution in [2.24, 2.45) is 0 Å². The third-order valence-corrected chi connectivity index (χ3v) is 9.26. The number of aryl methyl sites for hydroxylation is 1. The van der Waals surface area contributed by atoms with E-state index >= 15 is 0 Å². The number of rotatable bonds is 11. The Balaban J connectivity index is 1.06. The molecule has 0 atom stereocenters. The molecule has 2 N–H and O–H groups in total. The summed E-state index contributed by atoms with van der Waals surface area (Å²) in [5.74, 6) is -0.520. The number of carbonyl (C=O) groups excluding carboxylic acids is 3. The molecular weight excluding hydrogens is 703 g/mol. The molecule has 1 fully saturated rings. The van der Waals surface area contributed by atoms with Crippen molar-refractivity contribution in [3.05, 3.63) is 124 Å². The first-order valence-corrected chi connectivity index (χ1v) is 17.3. The highest BCUT2D eigenvalue weighted by molar-refractivity contribution is 6.38. The summed E-state index contributed by atoms with van der Waals surface area (Å²) >= 11 is 13.4. The summed E-state index contributed by atoms with van der Waals surface area (Å²) < 4.78 is 11.8. The summed E-state index contributed by atoms with van der Waals surface area (Å²) in [6.45, 7) is 4.64. The molecule has 5 aromatic rings. The second kappa shape index (κ2) is 16.7. The minimum atomic E-state index is -0.455. The minimum Gasteiger partial charge on any atom is -0.487 e. The average molecular weight is 740 g/mol. The van der Waals surface area contributed by atoms with Crippen molar-refractivity contribution < 1.29 is 23.9 Å². The lowest BCUT2D eigenvalue weighted by molar-refractivity contribution is -0.122. The van der Waals surface area contributed by atoms with E-state index in [9.17, 15) is 14.4 Å². The van der Waals surface area contributed by atoms with Crippen LogP contribution in [-0.2, 0) is 20.9 Å². The van der Waals surface area contributed by atoms with Gasteiger partial charge in [-0.3, -0.25) is 19.4 Å². The highest BCUT2D eigenvalue weighted by Gasteiger charge is 2.21. The minimum absolute atomic E-state index is 0.0365. The summed E-state index contributed by atoms with van der Waals surface area (Å²) in [6, 6.07) is 21.4. The van der Waals surface area contributed by atoms with Crippen LogP contribution in [0.4, 0.5) is 17.1 Å². The van der Waals surface area contributed by atoms with Crippen LogP contribution in [-0.4, -0.2) is 67.6 Å². The maximum atomic E-state index is 13.1. The largest absolute Gasteiger partial charge is 0.487 e. The average Bonchev–Trinajstić information content (AvgIpc) is 3.16. The van der Waals surface area contributed by atoms with Gasteiger partial charge in [-0.1, -0.05) is 47.5 Å². The van der Waals surface area contributed by atoms with Crippen molar-refractivity contribution in [3.63, 3.8) is 0 Å². The second-order valence-corrected chi connectivity index (χ2v) is 12.8. The van der Waals surface area contributed by atoms with Gasteiger partial charge in [-0.25, -0.2) is 4.98 Å². The highest BCUT2D eigenvalue weighted by atomic mass is 35.5. The predicted octanol–water partition coefficient (Wildman–Crippen LogP) is 6.71. The first kappa shape index (κ1) is 36.3. The fourth-order valence-electron chi connectivity index (χ4n) is 5.67. The Hall–Kier alpha value is -5.49. The second-order valence-electron chi connectivity index (χ2n) is 12.0. The van der Waals surface area contributed by atoms with E-state index < -0.39 is 11.8 Å². The van der Waals surface area contributed by atoms with Crippen LogP contribution in [0.5, 0.6) is 5.75 Å². The topological polar surface area (TPSA) is 126 Å². The Morgan fingerprint density at radius 3 is 2.50 bits per heavy atom. The molecule has 3 amide bonds. The maximum Gasteiger partial charge on any atom is 0.255 e. The van der Waals surface area contributed by atoms with Crippen LogP contribution in [0.3, 0.4) is 0 Å². The molecule has 1 aliphatic rings. The van der Waals surface area contributed by atoms with Crippen LogP contribution in [0.25, 0.3) is 17.0 Å². The molecule has 13 heteroatoms. The number of anilines is 3. The lowest BCUT2D eigenvalue weighted by Crippen LogP contribution is -2.37. The molecule has 0 bridgehead atoms. The van der Waals surface area contributed by atoms with Gasteiger partial charge in [-0.05, 0) is 67.1 Å². The molecule has 0 aliphatic carbocycles. The number of hydrogen-bond donors (Lipinski definition) is 2. The molecule has 0 saturated carbocycles. The summed E-state index contributed by atoms with van der Waals surface area (Å²) in [5, 5.41) is 7.03. The zero-order chi connectivity index (χ0) is 36.6. The Labute approximate surface area is 311 Å². The highest BCUT2D eigenvalue weighted by Crippen LogP contribution is 2.37. The van der Waals surface area contributed by atoms with Crippen molar-refractivity contribution in [2.45, 2.75) is 13.5 Å². The smallest absolute Gasteiger partial charge is 0.255 e. The van der Waals surface area contributed by atoms with Crippen molar-refractivity contribution in [1.82, 2.24) is 15.3 Å². The third-order valence-electron chi connectivity index (χ3n) is 8.49. The number of benzene rings is 3. The Morgan fingerprint density at radius 1 is 1.00 bits per heavy atom. The van der Waals surface area contributed by atoms with Gasteiger partial charge in [0.2, 0.25) is 11.8 Å². The van der Waals surface area contributed by atoms with Gasteiger partial charge in [0.05, 0.1) is 30.5 Å². The summed E-state index contributed by atoms with van der Waals surface area (Å²) in [5.41, 5.74) is 5.42. The number of nitrogens with zero attached hydrogens (tertiary/aromatic N) is 4. The SMILES string of the molecule is Cc1cc(N2CCOCC2)c2cccc(OCc3c(Cl)ccc(N(C)C(=O)CNC(=O)C=Cc4ccc(NC(=O)c5ccncc5)cc4)c3Cl)c2n1. The molecule has 6 rings (SSSR count). The number of carbonyl (C=O) groups is 3. The van der Waals surface area contributed by atoms with Gasteiger partial charge < -0.3 is 29.9 Å². The molecule has 1 aliphatic heterocycles. The molecule has 1 saturated heterocycles. The standard InChI is InChI=1S/C39H36Cl2N6O5/c1-25-22-33(47-18-20-51-21-19-47)29-4-3-5-34(38(29)44-25)52-24-30-31(40)11-12-32(37(30)41)46(2)36(49)23-43-35(48)13-8-26-6-9-28(10-7-26)45-39(50)27-14-16-42-17-15-27/h3-17,22H,18-21,23-24H2,1-2H3,(H,43,48)(H,45,50). The molecule has 0 unspecified atom stereocenters. The normalized spacial score (nSPS) is 12.9. The Morgan fingerprint density at radius 2 is 1.75 bits per heavy atom. The van der Waals surface area contributed by atoms with Crippen molar-refractivity contribution in [2.75, 3.05) is 55.0 Å². The maximum absolute atomic E-state index is 13.1. The molecular formula is C39H36Cl2N6O5. The van der Waals surface area contributed by atoms with Crippen molar-refractivity contribution >= 4 is 75.0 Å². The Kier molecular flexibility index (Phi) is 11.6. The lowest BCUT2D eigenvalue weighted by Gasteiger charge is -2.30.